The smallest absolute Gasteiger partial charge is 0.357 e. The van der Waals surface area contributed by atoms with Crippen molar-refractivity contribution in [1.29, 1.82) is 0 Å². The highest BCUT2D eigenvalue weighted by Gasteiger charge is 2.01. The first-order chi connectivity index (χ1) is 6.13. The van der Waals surface area contributed by atoms with Crippen molar-refractivity contribution in [2.24, 2.45) is 0 Å². The molecular formula is C8H11NO3S. The maximum absolute atomic E-state index is 10.3. The molecule has 1 rings (SSSR count). The minimum Gasteiger partial charge on any atom is -0.398 e. The van der Waals surface area contributed by atoms with Crippen molar-refractivity contribution in [3.8, 4) is 5.75 Å². The van der Waals surface area contributed by atoms with Gasteiger partial charge in [-0.15, -0.1) is 0 Å². The van der Waals surface area contributed by atoms with E-state index in [2.05, 4.69) is 4.18 Å². The second-order valence-electron chi connectivity index (χ2n) is 2.51. The van der Waals surface area contributed by atoms with Crippen molar-refractivity contribution in [1.82, 2.24) is 0 Å². The van der Waals surface area contributed by atoms with E-state index >= 15 is 0 Å². The van der Waals surface area contributed by atoms with Crippen LogP contribution in [0.4, 0.5) is 5.69 Å². The number of aryl methyl sites for hydroxylation is 1. The van der Waals surface area contributed by atoms with E-state index in [0.29, 0.717) is 11.4 Å². The SMILES string of the molecule is CCc1ccc(OS(=O)O)cc1N. The van der Waals surface area contributed by atoms with Gasteiger partial charge in [0.2, 0.25) is 0 Å². The van der Waals surface area contributed by atoms with Crippen LogP contribution in [0.5, 0.6) is 5.75 Å². The normalized spacial score (nSPS) is 12.5. The van der Waals surface area contributed by atoms with Crippen molar-refractivity contribution in [3.05, 3.63) is 23.8 Å². The lowest BCUT2D eigenvalue weighted by Crippen LogP contribution is -1.99. The van der Waals surface area contributed by atoms with Gasteiger partial charge in [-0.3, -0.25) is 4.55 Å². The van der Waals surface area contributed by atoms with E-state index < -0.39 is 11.4 Å². The van der Waals surface area contributed by atoms with Gasteiger partial charge >= 0.3 is 11.4 Å². The zero-order valence-electron chi connectivity index (χ0n) is 7.19. The summed E-state index contributed by atoms with van der Waals surface area (Å²) in [6, 6.07) is 4.92. The lowest BCUT2D eigenvalue weighted by atomic mass is 10.1. The van der Waals surface area contributed by atoms with Gasteiger partial charge < -0.3 is 9.92 Å². The Labute approximate surface area is 79.2 Å². The Morgan fingerprint density at radius 1 is 1.62 bits per heavy atom. The summed E-state index contributed by atoms with van der Waals surface area (Å²) in [5.41, 5.74) is 7.22. The second-order valence-corrected chi connectivity index (χ2v) is 3.12. The third-order valence-electron chi connectivity index (χ3n) is 1.67. The van der Waals surface area contributed by atoms with Crippen molar-refractivity contribution in [3.63, 3.8) is 0 Å². The van der Waals surface area contributed by atoms with E-state index in [1.165, 1.54) is 6.07 Å². The number of rotatable bonds is 3. The highest BCUT2D eigenvalue weighted by Crippen LogP contribution is 2.20. The third kappa shape index (κ3) is 2.71. The number of nitrogen functional groups attached to an aromatic ring is 1. The van der Waals surface area contributed by atoms with Crippen LogP contribution >= 0.6 is 0 Å². The van der Waals surface area contributed by atoms with E-state index in [1.807, 2.05) is 6.92 Å². The van der Waals surface area contributed by atoms with E-state index in [1.54, 1.807) is 12.1 Å². The maximum atomic E-state index is 10.3. The number of benzene rings is 1. The lowest BCUT2D eigenvalue weighted by molar-refractivity contribution is 0.458. The van der Waals surface area contributed by atoms with Crippen LogP contribution in [0.15, 0.2) is 18.2 Å². The molecule has 0 amide bonds. The molecule has 0 aromatic heterocycles. The average Bonchev–Trinajstić information content (AvgIpc) is 2.03. The molecule has 0 saturated carbocycles. The molecule has 4 nitrogen and oxygen atoms in total. The summed E-state index contributed by atoms with van der Waals surface area (Å²) in [4.78, 5) is 0. The average molecular weight is 201 g/mol. The van der Waals surface area contributed by atoms with Crippen molar-refractivity contribution < 1.29 is 12.9 Å². The second kappa shape index (κ2) is 4.25. The number of hydrogen-bond acceptors (Lipinski definition) is 3. The van der Waals surface area contributed by atoms with Gasteiger partial charge in [0.05, 0.1) is 0 Å². The van der Waals surface area contributed by atoms with Crippen LogP contribution in [0.1, 0.15) is 12.5 Å². The highest BCUT2D eigenvalue weighted by atomic mass is 32.2. The quantitative estimate of drug-likeness (QED) is 0.572. The summed E-state index contributed by atoms with van der Waals surface area (Å²) >= 11 is -2.29. The number of hydrogen-bond donors (Lipinski definition) is 2. The Balaban J connectivity index is 2.89. The molecule has 3 N–H and O–H groups in total. The molecule has 1 unspecified atom stereocenters. The zero-order chi connectivity index (χ0) is 9.84. The fourth-order valence-corrected chi connectivity index (χ4v) is 1.30. The Hall–Kier alpha value is -1.07. The fourth-order valence-electron chi connectivity index (χ4n) is 1.03. The molecule has 0 radical (unpaired) electrons. The monoisotopic (exact) mass is 201 g/mol. The molecule has 0 fully saturated rings. The molecule has 0 aliphatic rings. The van der Waals surface area contributed by atoms with Crippen LogP contribution in [-0.2, 0) is 17.8 Å². The van der Waals surface area contributed by atoms with Crippen LogP contribution in [0.3, 0.4) is 0 Å². The van der Waals surface area contributed by atoms with E-state index in [4.69, 9.17) is 10.3 Å². The molecule has 72 valence electrons. The van der Waals surface area contributed by atoms with Gasteiger partial charge in [-0.1, -0.05) is 13.0 Å². The summed E-state index contributed by atoms with van der Waals surface area (Å²) in [5, 5.41) is 0. The van der Waals surface area contributed by atoms with Gasteiger partial charge in [-0.05, 0) is 18.1 Å². The van der Waals surface area contributed by atoms with E-state index in [-0.39, 0.29) is 0 Å². The van der Waals surface area contributed by atoms with Crippen molar-refractivity contribution in [2.75, 3.05) is 5.73 Å². The molecule has 0 heterocycles. The van der Waals surface area contributed by atoms with Gasteiger partial charge in [-0.25, -0.2) is 0 Å². The summed E-state index contributed by atoms with van der Waals surface area (Å²) in [7, 11) is 0. The fraction of sp³-hybridized carbons (Fsp3) is 0.250. The summed E-state index contributed by atoms with van der Waals surface area (Å²) < 4.78 is 23.3. The maximum Gasteiger partial charge on any atom is 0.357 e. The van der Waals surface area contributed by atoms with Gasteiger partial charge in [-0.2, -0.15) is 4.21 Å². The summed E-state index contributed by atoms with van der Waals surface area (Å²) in [6.45, 7) is 1.98. The van der Waals surface area contributed by atoms with Crippen molar-refractivity contribution >= 4 is 17.0 Å². The zero-order valence-corrected chi connectivity index (χ0v) is 8.00. The van der Waals surface area contributed by atoms with Crippen molar-refractivity contribution in [2.45, 2.75) is 13.3 Å². The highest BCUT2D eigenvalue weighted by molar-refractivity contribution is 7.74. The first-order valence-electron chi connectivity index (χ1n) is 3.81. The molecule has 0 aliphatic heterocycles. The number of nitrogens with two attached hydrogens (primary N) is 1. The van der Waals surface area contributed by atoms with Gasteiger partial charge in [0.1, 0.15) is 5.75 Å². The molecule has 0 aliphatic carbocycles. The predicted molar refractivity (Wildman–Crippen MR) is 51.6 cm³/mol. The largest absolute Gasteiger partial charge is 0.398 e. The van der Waals surface area contributed by atoms with Crippen LogP contribution in [-0.4, -0.2) is 8.76 Å². The van der Waals surface area contributed by atoms with Gasteiger partial charge in [0.15, 0.2) is 0 Å². The van der Waals surface area contributed by atoms with Gasteiger partial charge in [0.25, 0.3) is 0 Å². The molecule has 0 bridgehead atoms. The molecule has 13 heavy (non-hydrogen) atoms. The molecule has 1 atom stereocenters. The van der Waals surface area contributed by atoms with E-state index in [9.17, 15) is 4.21 Å². The molecule has 1 aromatic carbocycles. The van der Waals surface area contributed by atoms with E-state index in [0.717, 1.165) is 12.0 Å². The van der Waals surface area contributed by atoms with Crippen LogP contribution < -0.4 is 9.92 Å². The first kappa shape index (κ1) is 10.0. The topological polar surface area (TPSA) is 72.5 Å². The summed E-state index contributed by atoms with van der Waals surface area (Å²) in [6.07, 6.45) is 0.828. The Morgan fingerprint density at radius 3 is 2.77 bits per heavy atom. The number of anilines is 1. The lowest BCUT2D eigenvalue weighted by Gasteiger charge is -2.04. The van der Waals surface area contributed by atoms with Crippen LogP contribution in [0, 0.1) is 0 Å². The van der Waals surface area contributed by atoms with Crippen LogP contribution in [0.2, 0.25) is 0 Å². The Bertz CT molecular complexity index is 327. The molecule has 0 saturated heterocycles. The molecule has 5 heteroatoms. The predicted octanol–water partition coefficient (Wildman–Crippen LogP) is 1.35. The minimum atomic E-state index is -2.29. The molecular weight excluding hydrogens is 190 g/mol. The molecule has 1 aromatic rings. The third-order valence-corrected chi connectivity index (χ3v) is 2.00. The Morgan fingerprint density at radius 2 is 2.31 bits per heavy atom. The standard InChI is InChI=1S/C8H11NO3S/c1-2-6-3-4-7(5-8(6)9)12-13(10)11/h3-5H,2,9H2,1H3,(H,10,11). The summed E-state index contributed by atoms with van der Waals surface area (Å²) in [5.74, 6) is 0.301. The van der Waals surface area contributed by atoms with Crippen LogP contribution in [0.25, 0.3) is 0 Å². The van der Waals surface area contributed by atoms with Gasteiger partial charge in [0, 0.05) is 11.8 Å². The Kier molecular flexibility index (Phi) is 3.27. The minimum absolute atomic E-state index is 0.301. The molecule has 0 spiro atoms. The first-order valence-corrected chi connectivity index (χ1v) is 4.84.